The summed E-state index contributed by atoms with van der Waals surface area (Å²) < 4.78 is 5.38. The molecule has 94 valence electrons. The maximum absolute atomic E-state index is 5.38. The summed E-state index contributed by atoms with van der Waals surface area (Å²) in [6.07, 6.45) is 0. The van der Waals surface area contributed by atoms with E-state index in [1.165, 1.54) is 11.1 Å². The molecule has 18 heavy (non-hydrogen) atoms. The molecule has 0 aliphatic heterocycles. The topological polar surface area (TPSA) is 21.3 Å². The van der Waals surface area contributed by atoms with Crippen molar-refractivity contribution in [1.29, 1.82) is 0 Å². The minimum atomic E-state index is 0.265. The van der Waals surface area contributed by atoms with Gasteiger partial charge in [-0.05, 0) is 18.6 Å². The second kappa shape index (κ2) is 6.22. The van der Waals surface area contributed by atoms with Crippen LogP contribution >= 0.6 is 0 Å². The predicted molar refractivity (Wildman–Crippen MR) is 74.7 cm³/mol. The normalized spacial score (nSPS) is 12.1. The molecule has 2 aromatic rings. The molecule has 2 heteroatoms. The number of hydrogen-bond donors (Lipinski definition) is 1. The van der Waals surface area contributed by atoms with E-state index in [9.17, 15) is 0 Å². The molecule has 0 saturated heterocycles. The van der Waals surface area contributed by atoms with Crippen LogP contribution in [0.5, 0.6) is 5.75 Å². The summed E-state index contributed by atoms with van der Waals surface area (Å²) in [6.45, 7) is 3.01. The highest BCUT2D eigenvalue weighted by Gasteiger charge is 2.09. The largest absolute Gasteiger partial charge is 0.496 e. The average Bonchev–Trinajstić information content (AvgIpc) is 2.45. The number of benzene rings is 2. The molecule has 1 atom stereocenters. The fourth-order valence-electron chi connectivity index (χ4n) is 2.00. The number of hydrogen-bond acceptors (Lipinski definition) is 2. The van der Waals surface area contributed by atoms with Crippen LogP contribution in [0.15, 0.2) is 54.6 Å². The third-order valence-corrected chi connectivity index (χ3v) is 3.06. The summed E-state index contributed by atoms with van der Waals surface area (Å²) in [5, 5.41) is 3.51. The SMILES string of the molecule is COc1ccccc1[C@@H](C)NCc1ccccc1. The first kappa shape index (κ1) is 12.7. The third kappa shape index (κ3) is 3.11. The average molecular weight is 241 g/mol. The summed E-state index contributed by atoms with van der Waals surface area (Å²) >= 11 is 0. The van der Waals surface area contributed by atoms with E-state index in [1.807, 2.05) is 24.3 Å². The molecule has 0 fully saturated rings. The van der Waals surface area contributed by atoms with Crippen LogP contribution in [0.1, 0.15) is 24.1 Å². The molecular weight excluding hydrogens is 222 g/mol. The van der Waals surface area contributed by atoms with Gasteiger partial charge in [-0.15, -0.1) is 0 Å². The van der Waals surface area contributed by atoms with Crippen LogP contribution < -0.4 is 10.1 Å². The first-order valence-corrected chi connectivity index (χ1v) is 6.21. The van der Waals surface area contributed by atoms with Crippen molar-refractivity contribution in [3.05, 3.63) is 65.7 Å². The Morgan fingerprint density at radius 3 is 2.39 bits per heavy atom. The van der Waals surface area contributed by atoms with Crippen molar-refractivity contribution >= 4 is 0 Å². The van der Waals surface area contributed by atoms with Crippen LogP contribution in [0.4, 0.5) is 0 Å². The maximum atomic E-state index is 5.38. The number of para-hydroxylation sites is 1. The summed E-state index contributed by atoms with van der Waals surface area (Å²) in [4.78, 5) is 0. The summed E-state index contributed by atoms with van der Waals surface area (Å²) in [5.74, 6) is 0.936. The first-order chi connectivity index (χ1) is 8.81. The molecule has 0 spiro atoms. The van der Waals surface area contributed by atoms with Crippen molar-refractivity contribution in [2.75, 3.05) is 7.11 Å². The zero-order valence-corrected chi connectivity index (χ0v) is 10.9. The highest BCUT2D eigenvalue weighted by molar-refractivity contribution is 5.35. The van der Waals surface area contributed by atoms with Crippen LogP contribution in [0.25, 0.3) is 0 Å². The summed E-state index contributed by atoms with van der Waals surface area (Å²) in [7, 11) is 1.71. The molecule has 0 radical (unpaired) electrons. The van der Waals surface area contributed by atoms with E-state index < -0.39 is 0 Å². The van der Waals surface area contributed by atoms with Gasteiger partial charge in [-0.25, -0.2) is 0 Å². The van der Waals surface area contributed by atoms with E-state index in [0.717, 1.165) is 12.3 Å². The van der Waals surface area contributed by atoms with Crippen LogP contribution in [0.2, 0.25) is 0 Å². The molecule has 0 heterocycles. The van der Waals surface area contributed by atoms with Crippen molar-refractivity contribution in [3.8, 4) is 5.75 Å². The van der Waals surface area contributed by atoms with E-state index in [-0.39, 0.29) is 6.04 Å². The standard InChI is InChI=1S/C16H19NO/c1-13(15-10-6-7-11-16(15)18-2)17-12-14-8-4-3-5-9-14/h3-11,13,17H,12H2,1-2H3/t13-/m1/s1. The quantitative estimate of drug-likeness (QED) is 0.864. The van der Waals surface area contributed by atoms with Gasteiger partial charge in [0.2, 0.25) is 0 Å². The van der Waals surface area contributed by atoms with Crippen molar-refractivity contribution in [3.63, 3.8) is 0 Å². The van der Waals surface area contributed by atoms with E-state index in [4.69, 9.17) is 4.74 Å². The summed E-state index contributed by atoms with van der Waals surface area (Å²) in [6, 6.07) is 18.8. The second-order valence-corrected chi connectivity index (χ2v) is 4.33. The lowest BCUT2D eigenvalue weighted by atomic mass is 10.1. The molecule has 0 saturated carbocycles. The molecular formula is C16H19NO. The zero-order chi connectivity index (χ0) is 12.8. The van der Waals surface area contributed by atoms with Gasteiger partial charge in [-0.1, -0.05) is 48.5 Å². The highest BCUT2D eigenvalue weighted by atomic mass is 16.5. The second-order valence-electron chi connectivity index (χ2n) is 4.33. The molecule has 2 aromatic carbocycles. The Morgan fingerprint density at radius 2 is 1.67 bits per heavy atom. The minimum absolute atomic E-state index is 0.265. The minimum Gasteiger partial charge on any atom is -0.496 e. The van der Waals surface area contributed by atoms with E-state index in [1.54, 1.807) is 7.11 Å². The van der Waals surface area contributed by atoms with Gasteiger partial charge in [0, 0.05) is 18.2 Å². The Kier molecular flexibility index (Phi) is 4.37. The van der Waals surface area contributed by atoms with Crippen molar-refractivity contribution in [2.45, 2.75) is 19.5 Å². The third-order valence-electron chi connectivity index (χ3n) is 3.06. The van der Waals surface area contributed by atoms with E-state index in [2.05, 4.69) is 42.6 Å². The molecule has 2 nitrogen and oxygen atoms in total. The van der Waals surface area contributed by atoms with Crippen LogP contribution in [-0.2, 0) is 6.54 Å². The monoisotopic (exact) mass is 241 g/mol. The Balaban J connectivity index is 2.01. The number of methoxy groups -OCH3 is 1. The molecule has 1 N–H and O–H groups in total. The van der Waals surface area contributed by atoms with Gasteiger partial charge in [-0.2, -0.15) is 0 Å². The van der Waals surface area contributed by atoms with Crippen molar-refractivity contribution in [1.82, 2.24) is 5.32 Å². The van der Waals surface area contributed by atoms with Gasteiger partial charge < -0.3 is 10.1 Å². The highest BCUT2D eigenvalue weighted by Crippen LogP contribution is 2.24. The van der Waals surface area contributed by atoms with Crippen LogP contribution in [-0.4, -0.2) is 7.11 Å². The van der Waals surface area contributed by atoms with Gasteiger partial charge in [0.05, 0.1) is 7.11 Å². The molecule has 2 rings (SSSR count). The smallest absolute Gasteiger partial charge is 0.123 e. The Morgan fingerprint density at radius 1 is 1.00 bits per heavy atom. The Hall–Kier alpha value is -1.80. The Labute approximate surface area is 109 Å². The summed E-state index contributed by atoms with van der Waals surface area (Å²) in [5.41, 5.74) is 2.48. The molecule has 0 aromatic heterocycles. The van der Waals surface area contributed by atoms with Crippen molar-refractivity contribution < 1.29 is 4.74 Å². The molecule has 0 amide bonds. The predicted octanol–water partition coefficient (Wildman–Crippen LogP) is 3.55. The molecule has 0 aliphatic carbocycles. The first-order valence-electron chi connectivity index (χ1n) is 6.21. The van der Waals surface area contributed by atoms with Gasteiger partial charge >= 0.3 is 0 Å². The number of ether oxygens (including phenoxy) is 1. The fourth-order valence-corrected chi connectivity index (χ4v) is 2.00. The van der Waals surface area contributed by atoms with Crippen LogP contribution in [0, 0.1) is 0 Å². The van der Waals surface area contributed by atoms with E-state index in [0.29, 0.717) is 0 Å². The maximum Gasteiger partial charge on any atom is 0.123 e. The lowest BCUT2D eigenvalue weighted by Crippen LogP contribution is -2.18. The van der Waals surface area contributed by atoms with Gasteiger partial charge in [0.25, 0.3) is 0 Å². The lowest BCUT2D eigenvalue weighted by Gasteiger charge is -2.17. The zero-order valence-electron chi connectivity index (χ0n) is 10.9. The van der Waals surface area contributed by atoms with E-state index >= 15 is 0 Å². The lowest BCUT2D eigenvalue weighted by molar-refractivity contribution is 0.401. The van der Waals surface area contributed by atoms with Gasteiger partial charge in [0.1, 0.15) is 5.75 Å². The molecule has 0 unspecified atom stereocenters. The number of rotatable bonds is 5. The van der Waals surface area contributed by atoms with Crippen molar-refractivity contribution in [2.24, 2.45) is 0 Å². The van der Waals surface area contributed by atoms with Crippen LogP contribution in [0.3, 0.4) is 0 Å². The van der Waals surface area contributed by atoms with Gasteiger partial charge in [0.15, 0.2) is 0 Å². The molecule has 0 aliphatic rings. The molecule has 0 bridgehead atoms. The number of nitrogens with one attached hydrogen (secondary N) is 1. The Bertz CT molecular complexity index is 481. The fraction of sp³-hybridized carbons (Fsp3) is 0.250. The van der Waals surface area contributed by atoms with Gasteiger partial charge in [-0.3, -0.25) is 0 Å².